The minimum atomic E-state index is -0.968. The molecule has 0 spiro atoms. The van der Waals surface area contributed by atoms with E-state index in [0.717, 1.165) is 6.42 Å². The summed E-state index contributed by atoms with van der Waals surface area (Å²) in [5.74, 6) is 0.130. The van der Waals surface area contributed by atoms with Crippen molar-refractivity contribution in [2.45, 2.75) is 118 Å². The molecule has 1 aromatic rings. The Balaban J connectivity index is 2.55. The van der Waals surface area contributed by atoms with Gasteiger partial charge >= 0.3 is 24.4 Å². The van der Waals surface area contributed by atoms with Crippen molar-refractivity contribution in [2.24, 2.45) is 9.98 Å². The number of carbonyl (C=O) groups excluding carboxylic acids is 4. The lowest BCUT2D eigenvalue weighted by molar-refractivity contribution is 0.0530. The first-order valence-electron chi connectivity index (χ1n) is 15.3. The Labute approximate surface area is 276 Å². The van der Waals surface area contributed by atoms with Crippen molar-refractivity contribution < 1.29 is 38.1 Å². The van der Waals surface area contributed by atoms with Crippen molar-refractivity contribution >= 4 is 47.8 Å². The summed E-state index contributed by atoms with van der Waals surface area (Å²) in [6.07, 6.45) is -1.18. The number of amides is 4. The quantitative estimate of drug-likeness (QED) is 0.197. The number of rotatable bonds is 4. The van der Waals surface area contributed by atoms with Crippen LogP contribution >= 0.6 is 0 Å². The first-order chi connectivity index (χ1) is 21.4. The largest absolute Gasteiger partial charge is 0.444 e. The van der Waals surface area contributed by atoms with Crippen molar-refractivity contribution in [2.75, 3.05) is 29.9 Å². The molecule has 0 aromatic carbocycles. The van der Waals surface area contributed by atoms with Crippen LogP contribution in [-0.4, -0.2) is 88.1 Å². The molecule has 2 rings (SSSR count). The van der Waals surface area contributed by atoms with Gasteiger partial charge < -0.3 is 29.2 Å². The Morgan fingerprint density at radius 1 is 0.809 bits per heavy atom. The number of aromatic nitrogens is 2. The van der Waals surface area contributed by atoms with Crippen molar-refractivity contribution in [3.05, 3.63) is 6.20 Å². The molecule has 0 atom stereocenters. The number of hydrogen-bond donors (Lipinski definition) is 4. The molecule has 1 aliphatic heterocycles. The second kappa shape index (κ2) is 15.3. The maximum Gasteiger partial charge on any atom is 0.437 e. The van der Waals surface area contributed by atoms with Crippen LogP contribution in [-0.2, 0) is 25.5 Å². The predicted molar refractivity (Wildman–Crippen MR) is 177 cm³/mol. The number of anilines is 2. The minimum absolute atomic E-state index is 0.0483. The number of nitrogens with zero attached hydrogens (tertiary/aromatic N) is 5. The van der Waals surface area contributed by atoms with Crippen molar-refractivity contribution in [1.29, 1.82) is 0 Å². The van der Waals surface area contributed by atoms with Crippen LogP contribution < -0.4 is 26.2 Å². The highest BCUT2D eigenvalue weighted by atomic mass is 16.6. The molecule has 264 valence electrons. The van der Waals surface area contributed by atoms with E-state index in [1.54, 1.807) is 94.0 Å². The molecular formula is C30H51N9O8. The topological polar surface area (TPSA) is 199 Å². The molecule has 0 bridgehead atoms. The van der Waals surface area contributed by atoms with Gasteiger partial charge in [0.05, 0.1) is 12.7 Å². The molecular weight excluding hydrogens is 614 g/mol. The fourth-order valence-electron chi connectivity index (χ4n) is 3.80. The Morgan fingerprint density at radius 3 is 1.79 bits per heavy atom. The van der Waals surface area contributed by atoms with Gasteiger partial charge in [0.25, 0.3) is 0 Å². The average Bonchev–Trinajstić information content (AvgIpc) is 3.25. The van der Waals surface area contributed by atoms with E-state index in [-0.39, 0.29) is 25.0 Å². The Morgan fingerprint density at radius 2 is 1.30 bits per heavy atom. The monoisotopic (exact) mass is 665 g/mol. The number of carbonyl (C=O) groups is 4. The van der Waals surface area contributed by atoms with Crippen LogP contribution in [0.2, 0.25) is 0 Å². The summed E-state index contributed by atoms with van der Waals surface area (Å²) in [6.45, 7) is 21.4. The Kier molecular flexibility index (Phi) is 12.6. The standard InChI is InChI=1S/C30H51N9O8/c1-27(2,3)44-23(40)34-21(35-24(41)45-28(4,5)6)32-15-17-38(19-18-33-39-16-13-14-31-20(19)39)22(36-25(42)46-29(7,8)9)37-26(43)47-30(10,11)12/h18,31H,13-17H2,1-12H3,(H,36,37,42,43)(H2,32,34,35,40,41). The van der Waals surface area contributed by atoms with E-state index in [9.17, 15) is 19.2 Å². The SMILES string of the molecule is CC(C)(C)OC(=O)N=C(NC(=O)OC(C)(C)C)N(CCN=C(NC(=O)OC(C)(C)C)NC(=O)OC(C)(C)C)c1cnn2c1NCCC2. The Hall–Kier alpha value is -4.57. The van der Waals surface area contributed by atoms with Gasteiger partial charge in [0.2, 0.25) is 11.9 Å². The predicted octanol–water partition coefficient (Wildman–Crippen LogP) is 4.73. The average molecular weight is 666 g/mol. The molecule has 0 radical (unpaired) electrons. The third-order valence-electron chi connectivity index (χ3n) is 5.24. The number of fused-ring (bicyclic) bond motifs is 1. The van der Waals surface area contributed by atoms with E-state index in [1.165, 1.54) is 4.90 Å². The lowest BCUT2D eigenvalue weighted by atomic mass is 10.2. The zero-order valence-electron chi connectivity index (χ0n) is 29.6. The van der Waals surface area contributed by atoms with E-state index in [4.69, 9.17) is 18.9 Å². The third-order valence-corrected chi connectivity index (χ3v) is 5.24. The van der Waals surface area contributed by atoms with Gasteiger partial charge in [-0.3, -0.25) is 20.9 Å². The molecule has 0 saturated heterocycles. The minimum Gasteiger partial charge on any atom is -0.444 e. The maximum absolute atomic E-state index is 13.0. The molecule has 2 heterocycles. The molecule has 0 unspecified atom stereocenters. The second-order valence-electron chi connectivity index (χ2n) is 14.6. The van der Waals surface area contributed by atoms with Gasteiger partial charge in [-0.1, -0.05) is 0 Å². The molecule has 4 N–H and O–H groups in total. The summed E-state index contributed by atoms with van der Waals surface area (Å²) in [6, 6.07) is 0. The molecule has 17 nitrogen and oxygen atoms in total. The van der Waals surface area contributed by atoms with E-state index in [1.807, 2.05) is 0 Å². The summed E-state index contributed by atoms with van der Waals surface area (Å²) in [7, 11) is 0. The van der Waals surface area contributed by atoms with Gasteiger partial charge in [0, 0.05) is 19.6 Å². The Bertz CT molecular complexity index is 1310. The number of hydrogen-bond acceptors (Lipinski definition) is 11. The van der Waals surface area contributed by atoms with Gasteiger partial charge in [-0.25, -0.2) is 23.9 Å². The number of nitrogens with one attached hydrogen (secondary N) is 4. The van der Waals surface area contributed by atoms with Crippen LogP contribution in [0.15, 0.2) is 16.2 Å². The zero-order valence-corrected chi connectivity index (χ0v) is 29.6. The normalized spacial score (nSPS) is 13.7. The van der Waals surface area contributed by atoms with Crippen LogP contribution in [0.3, 0.4) is 0 Å². The molecule has 0 fully saturated rings. The number of ether oxygens (including phenoxy) is 4. The molecule has 1 aliphatic rings. The number of guanidine groups is 2. The number of alkyl carbamates (subject to hydrolysis) is 3. The first kappa shape index (κ1) is 38.6. The lowest BCUT2D eigenvalue weighted by Crippen LogP contribution is -2.49. The zero-order chi connectivity index (χ0) is 35.8. The van der Waals surface area contributed by atoms with Crippen molar-refractivity contribution in [3.63, 3.8) is 0 Å². The highest BCUT2D eigenvalue weighted by Crippen LogP contribution is 2.28. The van der Waals surface area contributed by atoms with E-state index in [2.05, 4.69) is 36.4 Å². The summed E-state index contributed by atoms with van der Waals surface area (Å²) >= 11 is 0. The maximum atomic E-state index is 13.0. The summed E-state index contributed by atoms with van der Waals surface area (Å²) in [4.78, 5) is 61.0. The molecule has 47 heavy (non-hydrogen) atoms. The third kappa shape index (κ3) is 15.0. The highest BCUT2D eigenvalue weighted by molar-refractivity contribution is 6.09. The molecule has 4 amide bonds. The van der Waals surface area contributed by atoms with E-state index < -0.39 is 46.8 Å². The van der Waals surface area contributed by atoms with Crippen LogP contribution in [0.4, 0.5) is 30.7 Å². The van der Waals surface area contributed by atoms with Gasteiger partial charge in [-0.05, 0) is 89.5 Å². The van der Waals surface area contributed by atoms with E-state index in [0.29, 0.717) is 24.6 Å². The first-order valence-corrected chi connectivity index (χ1v) is 15.3. The van der Waals surface area contributed by atoms with Crippen LogP contribution in [0.25, 0.3) is 0 Å². The smallest absolute Gasteiger partial charge is 0.437 e. The number of aryl methyl sites for hydroxylation is 1. The second-order valence-corrected chi connectivity index (χ2v) is 14.6. The summed E-state index contributed by atoms with van der Waals surface area (Å²) in [5, 5.41) is 15.1. The fourth-order valence-corrected chi connectivity index (χ4v) is 3.80. The number of aliphatic imine (C=N–C) groups is 2. The summed E-state index contributed by atoms with van der Waals surface area (Å²) < 4.78 is 23.2. The van der Waals surface area contributed by atoms with E-state index >= 15 is 0 Å². The lowest BCUT2D eigenvalue weighted by Gasteiger charge is -2.28. The molecule has 1 aromatic heterocycles. The fraction of sp³-hybridized carbons (Fsp3) is 0.700. The highest BCUT2D eigenvalue weighted by Gasteiger charge is 2.28. The van der Waals surface area contributed by atoms with Crippen LogP contribution in [0.5, 0.6) is 0 Å². The van der Waals surface area contributed by atoms with Crippen LogP contribution in [0, 0.1) is 0 Å². The molecule has 17 heteroatoms. The van der Waals surface area contributed by atoms with Gasteiger partial charge in [-0.15, -0.1) is 4.99 Å². The summed E-state index contributed by atoms with van der Waals surface area (Å²) in [5.41, 5.74) is -2.93. The van der Waals surface area contributed by atoms with Gasteiger partial charge in [0.15, 0.2) is 0 Å². The van der Waals surface area contributed by atoms with Gasteiger partial charge in [-0.2, -0.15) is 5.10 Å². The van der Waals surface area contributed by atoms with Crippen molar-refractivity contribution in [1.82, 2.24) is 25.7 Å². The van der Waals surface area contributed by atoms with Crippen LogP contribution in [0.1, 0.15) is 89.5 Å². The molecule has 0 aliphatic carbocycles. The van der Waals surface area contributed by atoms with Gasteiger partial charge in [0.1, 0.15) is 33.9 Å². The molecule has 0 saturated carbocycles. The van der Waals surface area contributed by atoms with Crippen molar-refractivity contribution in [3.8, 4) is 0 Å².